The number of allylic oxidation sites excluding steroid dienone is 1. The molecule has 4 nitrogen and oxygen atoms in total. The Labute approximate surface area is 106 Å². The molecule has 1 aliphatic carbocycles. The lowest BCUT2D eigenvalue weighted by molar-refractivity contribution is -0.164. The van der Waals surface area contributed by atoms with Crippen LogP contribution in [0.4, 0.5) is 0 Å². The third-order valence-corrected chi connectivity index (χ3v) is 4.35. The normalized spacial score (nSPS) is 42.3. The number of fused-ring (bicyclic) bond motifs is 2. The second-order valence-electron chi connectivity index (χ2n) is 5.40. The predicted molar refractivity (Wildman–Crippen MR) is 63.4 cm³/mol. The van der Waals surface area contributed by atoms with Crippen molar-refractivity contribution in [1.82, 2.24) is 0 Å². The molecule has 0 aromatic heterocycles. The van der Waals surface area contributed by atoms with Crippen LogP contribution in [0.5, 0.6) is 0 Å². The summed E-state index contributed by atoms with van der Waals surface area (Å²) in [7, 11) is 0. The highest BCUT2D eigenvalue weighted by molar-refractivity contribution is 5.93. The van der Waals surface area contributed by atoms with Crippen molar-refractivity contribution in [3.05, 3.63) is 24.0 Å². The van der Waals surface area contributed by atoms with Crippen LogP contribution in [-0.4, -0.2) is 24.0 Å². The molecule has 3 rings (SSSR count). The Balaban J connectivity index is 1.95. The molecule has 0 saturated heterocycles. The molecule has 5 atom stereocenters. The highest BCUT2D eigenvalue weighted by atomic mass is 16.5. The molecule has 18 heavy (non-hydrogen) atoms. The van der Waals surface area contributed by atoms with Gasteiger partial charge in [-0.25, -0.2) is 4.79 Å². The van der Waals surface area contributed by atoms with Gasteiger partial charge in [0.2, 0.25) is 0 Å². The first-order valence-electron chi connectivity index (χ1n) is 6.32. The zero-order chi connectivity index (χ0) is 12.9. The van der Waals surface area contributed by atoms with Gasteiger partial charge in [0.1, 0.15) is 12.2 Å². The molecule has 0 aromatic carbocycles. The predicted octanol–water partition coefficient (Wildman–Crippen LogP) is 1.61. The molecule has 4 heteroatoms. The Kier molecular flexibility index (Phi) is 2.54. The molecule has 2 heterocycles. The minimum absolute atomic E-state index is 0.0373. The number of hydrogen-bond donors (Lipinski definition) is 0. The van der Waals surface area contributed by atoms with E-state index in [0.717, 1.165) is 5.57 Å². The smallest absolute Gasteiger partial charge is 0.331 e. The number of carbonyl (C=O) groups is 2. The van der Waals surface area contributed by atoms with Crippen LogP contribution < -0.4 is 0 Å². The molecule has 2 aliphatic heterocycles. The van der Waals surface area contributed by atoms with Gasteiger partial charge in [0, 0.05) is 24.0 Å². The van der Waals surface area contributed by atoms with E-state index in [1.165, 1.54) is 18.4 Å². The maximum absolute atomic E-state index is 11.9. The Hall–Kier alpha value is -1.58. The van der Waals surface area contributed by atoms with E-state index < -0.39 is 0 Å². The van der Waals surface area contributed by atoms with Crippen molar-refractivity contribution in [3.63, 3.8) is 0 Å². The number of ketones is 1. The molecule has 0 aromatic rings. The molecule has 0 bridgehead atoms. The average molecular weight is 248 g/mol. The molecular formula is C14H16O4. The summed E-state index contributed by atoms with van der Waals surface area (Å²) in [6, 6.07) is 0. The molecule has 5 unspecified atom stereocenters. The fourth-order valence-electron chi connectivity index (χ4n) is 3.37. The third kappa shape index (κ3) is 1.59. The van der Waals surface area contributed by atoms with Crippen molar-refractivity contribution >= 4 is 11.8 Å². The van der Waals surface area contributed by atoms with E-state index in [4.69, 9.17) is 9.47 Å². The van der Waals surface area contributed by atoms with E-state index in [0.29, 0.717) is 6.42 Å². The highest BCUT2D eigenvalue weighted by Gasteiger charge is 2.50. The van der Waals surface area contributed by atoms with Crippen molar-refractivity contribution < 1.29 is 19.1 Å². The van der Waals surface area contributed by atoms with Crippen LogP contribution in [0.15, 0.2) is 24.0 Å². The fraction of sp³-hybridized carbons (Fsp3) is 0.571. The lowest BCUT2D eigenvalue weighted by Gasteiger charge is -2.46. The van der Waals surface area contributed by atoms with Crippen molar-refractivity contribution in [2.45, 2.75) is 32.5 Å². The minimum atomic E-state index is -0.281. The molecule has 0 amide bonds. The molecule has 3 aliphatic rings. The molecule has 0 radical (unpaired) electrons. The van der Waals surface area contributed by atoms with Gasteiger partial charge < -0.3 is 9.47 Å². The number of rotatable bonds is 0. The summed E-state index contributed by atoms with van der Waals surface area (Å²) in [5.41, 5.74) is 1.02. The molecule has 0 N–H and O–H groups in total. The van der Waals surface area contributed by atoms with Crippen LogP contribution in [-0.2, 0) is 19.1 Å². The quantitative estimate of drug-likeness (QED) is 0.611. The molecule has 1 fully saturated rings. The van der Waals surface area contributed by atoms with E-state index in [2.05, 4.69) is 0 Å². The summed E-state index contributed by atoms with van der Waals surface area (Å²) in [5.74, 6) is -0.0716. The SMILES string of the molecule is CC1=CC(=O)OC2C1CC1C(=O)C=COC1C2C. The summed E-state index contributed by atoms with van der Waals surface area (Å²) in [6.07, 6.45) is 4.89. The monoisotopic (exact) mass is 248 g/mol. The largest absolute Gasteiger partial charge is 0.497 e. The van der Waals surface area contributed by atoms with Gasteiger partial charge in [-0.1, -0.05) is 12.5 Å². The summed E-state index contributed by atoms with van der Waals surface area (Å²) in [5, 5.41) is 0. The van der Waals surface area contributed by atoms with Crippen LogP contribution in [0.3, 0.4) is 0 Å². The third-order valence-electron chi connectivity index (χ3n) is 4.35. The molecule has 96 valence electrons. The van der Waals surface area contributed by atoms with Gasteiger partial charge >= 0.3 is 5.97 Å². The zero-order valence-corrected chi connectivity index (χ0v) is 10.5. The van der Waals surface area contributed by atoms with Crippen LogP contribution >= 0.6 is 0 Å². The summed E-state index contributed by atoms with van der Waals surface area (Å²) in [6.45, 7) is 3.93. The second-order valence-corrected chi connectivity index (χ2v) is 5.40. The Morgan fingerprint density at radius 3 is 2.78 bits per heavy atom. The standard InChI is InChI=1S/C14H16O4/c1-7-5-12(16)18-14-8(2)13-10(6-9(7)14)11(15)3-4-17-13/h3-5,8-10,13-14H,6H2,1-2H3. The number of hydrogen-bond acceptors (Lipinski definition) is 4. The molecule has 1 saturated carbocycles. The maximum atomic E-state index is 11.9. The number of esters is 1. The lowest BCUT2D eigenvalue weighted by Crippen LogP contribution is -2.52. The van der Waals surface area contributed by atoms with Crippen LogP contribution in [0, 0.1) is 17.8 Å². The molecule has 0 spiro atoms. The topological polar surface area (TPSA) is 52.6 Å². The first-order valence-corrected chi connectivity index (χ1v) is 6.32. The summed E-state index contributed by atoms with van der Waals surface area (Å²) >= 11 is 0. The van der Waals surface area contributed by atoms with E-state index in [1.807, 2.05) is 13.8 Å². The van der Waals surface area contributed by atoms with E-state index in [1.54, 1.807) is 0 Å². The molecular weight excluding hydrogens is 232 g/mol. The van der Waals surface area contributed by atoms with Gasteiger partial charge in [0.25, 0.3) is 0 Å². The average Bonchev–Trinajstić information content (AvgIpc) is 2.32. The first kappa shape index (κ1) is 11.5. The van der Waals surface area contributed by atoms with E-state index in [-0.39, 0.29) is 41.7 Å². The second kappa shape index (κ2) is 3.97. The van der Waals surface area contributed by atoms with Gasteiger partial charge in [0.05, 0.1) is 12.2 Å². The lowest BCUT2D eigenvalue weighted by atomic mass is 9.67. The number of carbonyl (C=O) groups excluding carboxylic acids is 2. The Bertz CT molecular complexity index is 462. The fourth-order valence-corrected chi connectivity index (χ4v) is 3.37. The number of ether oxygens (including phenoxy) is 2. The summed E-state index contributed by atoms with van der Waals surface area (Å²) in [4.78, 5) is 23.4. The van der Waals surface area contributed by atoms with Gasteiger partial charge in [-0.05, 0) is 13.3 Å². The summed E-state index contributed by atoms with van der Waals surface area (Å²) < 4.78 is 11.0. The first-order chi connectivity index (χ1) is 8.58. The Morgan fingerprint density at radius 2 is 2.00 bits per heavy atom. The van der Waals surface area contributed by atoms with Crippen LogP contribution in [0.1, 0.15) is 20.3 Å². The van der Waals surface area contributed by atoms with Crippen LogP contribution in [0.25, 0.3) is 0 Å². The zero-order valence-electron chi connectivity index (χ0n) is 10.5. The van der Waals surface area contributed by atoms with E-state index in [9.17, 15) is 9.59 Å². The van der Waals surface area contributed by atoms with Gasteiger partial charge in [-0.3, -0.25) is 4.79 Å². The van der Waals surface area contributed by atoms with Gasteiger partial charge in [0.15, 0.2) is 5.78 Å². The Morgan fingerprint density at radius 1 is 1.22 bits per heavy atom. The van der Waals surface area contributed by atoms with Crippen molar-refractivity contribution in [1.29, 1.82) is 0 Å². The minimum Gasteiger partial charge on any atom is -0.497 e. The van der Waals surface area contributed by atoms with Gasteiger partial charge in [-0.15, -0.1) is 0 Å². The highest BCUT2D eigenvalue weighted by Crippen LogP contribution is 2.43. The van der Waals surface area contributed by atoms with Crippen molar-refractivity contribution in [2.24, 2.45) is 17.8 Å². The van der Waals surface area contributed by atoms with E-state index >= 15 is 0 Å². The van der Waals surface area contributed by atoms with Gasteiger partial charge in [-0.2, -0.15) is 0 Å². The van der Waals surface area contributed by atoms with Crippen molar-refractivity contribution in [2.75, 3.05) is 0 Å². The van der Waals surface area contributed by atoms with Crippen LogP contribution in [0.2, 0.25) is 0 Å². The maximum Gasteiger partial charge on any atom is 0.331 e. The van der Waals surface area contributed by atoms with Crippen molar-refractivity contribution in [3.8, 4) is 0 Å².